The summed E-state index contributed by atoms with van der Waals surface area (Å²) >= 11 is 0. The summed E-state index contributed by atoms with van der Waals surface area (Å²) in [6.07, 6.45) is 4.77. The number of oxazole rings is 1. The summed E-state index contributed by atoms with van der Waals surface area (Å²) in [5.41, 5.74) is 2.04. The minimum absolute atomic E-state index is 0.312. The zero-order valence-electron chi connectivity index (χ0n) is 10.0. The Morgan fingerprint density at radius 2 is 2.20 bits per heavy atom. The second-order valence-electron chi connectivity index (χ2n) is 3.79. The Balaban J connectivity index is 3.21. The van der Waals surface area contributed by atoms with Crippen molar-refractivity contribution in [3.8, 4) is 0 Å². The molecule has 0 aliphatic rings. The molecule has 0 aliphatic carbocycles. The molecule has 15 heavy (non-hydrogen) atoms. The summed E-state index contributed by atoms with van der Waals surface area (Å²) in [4.78, 5) is 4.42. The predicted octanol–water partition coefficient (Wildman–Crippen LogP) is 4.25. The molecule has 82 valence electrons. The van der Waals surface area contributed by atoms with Crippen LogP contribution in [0.2, 0.25) is 0 Å². The Bertz CT molecular complexity index is 372. The van der Waals surface area contributed by atoms with Gasteiger partial charge in [0.05, 0.1) is 0 Å². The lowest BCUT2D eigenvalue weighted by Gasteiger charge is -2.00. The molecule has 2 heteroatoms. The summed E-state index contributed by atoms with van der Waals surface area (Å²) in [7, 11) is 0. The van der Waals surface area contributed by atoms with Crippen molar-refractivity contribution < 1.29 is 4.42 Å². The molecule has 0 aliphatic heterocycles. The monoisotopic (exact) mass is 205 g/mol. The summed E-state index contributed by atoms with van der Waals surface area (Å²) < 4.78 is 5.76. The van der Waals surface area contributed by atoms with Gasteiger partial charge in [-0.25, -0.2) is 4.98 Å². The van der Waals surface area contributed by atoms with E-state index in [0.717, 1.165) is 23.8 Å². The van der Waals surface area contributed by atoms with Crippen LogP contribution in [0.4, 0.5) is 0 Å². The molecule has 0 radical (unpaired) electrons. The quantitative estimate of drug-likeness (QED) is 0.734. The first-order valence-corrected chi connectivity index (χ1v) is 5.42. The SMILES string of the molecule is C=Cc1nc(C(C)C)oc1C(=CC)CC. The van der Waals surface area contributed by atoms with Gasteiger partial charge < -0.3 is 4.42 Å². The number of hydrogen-bond acceptors (Lipinski definition) is 2. The van der Waals surface area contributed by atoms with Gasteiger partial charge in [-0.1, -0.05) is 33.4 Å². The minimum atomic E-state index is 0.312. The average molecular weight is 205 g/mol. The highest BCUT2D eigenvalue weighted by Crippen LogP contribution is 2.26. The van der Waals surface area contributed by atoms with Crippen LogP contribution in [0.15, 0.2) is 17.1 Å². The molecule has 1 aromatic heterocycles. The maximum Gasteiger partial charge on any atom is 0.198 e. The fraction of sp³-hybridized carbons (Fsp3) is 0.462. The zero-order chi connectivity index (χ0) is 11.4. The van der Waals surface area contributed by atoms with E-state index in [0.29, 0.717) is 5.92 Å². The normalized spacial score (nSPS) is 12.2. The highest BCUT2D eigenvalue weighted by molar-refractivity contribution is 5.68. The van der Waals surface area contributed by atoms with E-state index in [1.165, 1.54) is 5.57 Å². The molecule has 0 bridgehead atoms. The molecule has 0 N–H and O–H groups in total. The largest absolute Gasteiger partial charge is 0.440 e. The highest BCUT2D eigenvalue weighted by Gasteiger charge is 2.15. The van der Waals surface area contributed by atoms with Crippen LogP contribution < -0.4 is 0 Å². The van der Waals surface area contributed by atoms with E-state index < -0.39 is 0 Å². The molecule has 0 atom stereocenters. The van der Waals surface area contributed by atoms with Crippen LogP contribution in [0.5, 0.6) is 0 Å². The van der Waals surface area contributed by atoms with Gasteiger partial charge in [-0.05, 0) is 25.0 Å². The van der Waals surface area contributed by atoms with E-state index in [4.69, 9.17) is 4.42 Å². The van der Waals surface area contributed by atoms with Gasteiger partial charge in [0.1, 0.15) is 5.69 Å². The molecule has 0 aromatic carbocycles. The van der Waals surface area contributed by atoms with Crippen molar-refractivity contribution in [2.75, 3.05) is 0 Å². The first-order chi connectivity index (χ1) is 7.13. The molecule has 0 amide bonds. The lowest BCUT2D eigenvalue weighted by atomic mass is 10.1. The van der Waals surface area contributed by atoms with E-state index in [-0.39, 0.29) is 0 Å². The third-order valence-corrected chi connectivity index (χ3v) is 2.38. The van der Waals surface area contributed by atoms with Gasteiger partial charge in [0, 0.05) is 5.92 Å². The predicted molar refractivity (Wildman–Crippen MR) is 64.6 cm³/mol. The average Bonchev–Trinajstić information content (AvgIpc) is 2.64. The van der Waals surface area contributed by atoms with Crippen LogP contribution in [0.25, 0.3) is 11.6 Å². The maximum absolute atomic E-state index is 5.76. The van der Waals surface area contributed by atoms with Crippen molar-refractivity contribution in [3.63, 3.8) is 0 Å². The van der Waals surface area contributed by atoms with Gasteiger partial charge >= 0.3 is 0 Å². The van der Waals surface area contributed by atoms with Crippen molar-refractivity contribution >= 4 is 11.6 Å². The number of allylic oxidation sites excluding steroid dienone is 2. The van der Waals surface area contributed by atoms with Crippen molar-refractivity contribution in [1.82, 2.24) is 4.98 Å². The summed E-state index contributed by atoms with van der Waals surface area (Å²) in [6, 6.07) is 0. The van der Waals surface area contributed by atoms with Gasteiger partial charge in [0.25, 0.3) is 0 Å². The molecular weight excluding hydrogens is 186 g/mol. The Labute approximate surface area is 91.7 Å². The Morgan fingerprint density at radius 3 is 2.60 bits per heavy atom. The van der Waals surface area contributed by atoms with Crippen LogP contribution in [-0.2, 0) is 0 Å². The van der Waals surface area contributed by atoms with Gasteiger partial charge in [0.2, 0.25) is 0 Å². The molecule has 1 aromatic rings. The molecule has 1 rings (SSSR count). The van der Waals surface area contributed by atoms with Gasteiger partial charge in [-0.15, -0.1) is 0 Å². The molecule has 2 nitrogen and oxygen atoms in total. The molecular formula is C13H19NO. The fourth-order valence-electron chi connectivity index (χ4n) is 1.46. The molecule has 0 saturated heterocycles. The highest BCUT2D eigenvalue weighted by atomic mass is 16.4. The standard InChI is InChI=1S/C13H19NO/c1-6-10(7-2)12-11(8-3)14-13(15-12)9(4)5/h6,8-9H,3,7H2,1-2,4-5H3. The van der Waals surface area contributed by atoms with Crippen molar-refractivity contribution in [2.24, 2.45) is 0 Å². The number of nitrogens with zero attached hydrogens (tertiary/aromatic N) is 1. The van der Waals surface area contributed by atoms with E-state index >= 15 is 0 Å². The molecule has 1 heterocycles. The topological polar surface area (TPSA) is 26.0 Å². The maximum atomic E-state index is 5.76. The van der Waals surface area contributed by atoms with E-state index in [1.807, 2.05) is 6.92 Å². The Hall–Kier alpha value is -1.31. The van der Waals surface area contributed by atoms with Gasteiger partial charge in [-0.3, -0.25) is 0 Å². The van der Waals surface area contributed by atoms with Crippen molar-refractivity contribution in [2.45, 2.75) is 40.0 Å². The van der Waals surface area contributed by atoms with Crippen LogP contribution in [0.3, 0.4) is 0 Å². The molecule has 0 fully saturated rings. The number of rotatable bonds is 4. The van der Waals surface area contributed by atoms with Crippen molar-refractivity contribution in [3.05, 3.63) is 30.0 Å². The van der Waals surface area contributed by atoms with Gasteiger partial charge in [0.15, 0.2) is 11.7 Å². The second-order valence-corrected chi connectivity index (χ2v) is 3.79. The third-order valence-electron chi connectivity index (χ3n) is 2.38. The van der Waals surface area contributed by atoms with Crippen LogP contribution >= 0.6 is 0 Å². The van der Waals surface area contributed by atoms with E-state index in [1.54, 1.807) is 6.08 Å². The summed E-state index contributed by atoms with van der Waals surface area (Å²) in [5.74, 6) is 1.97. The lowest BCUT2D eigenvalue weighted by Crippen LogP contribution is -1.85. The summed E-state index contributed by atoms with van der Waals surface area (Å²) in [6.45, 7) is 12.0. The van der Waals surface area contributed by atoms with Crippen molar-refractivity contribution in [1.29, 1.82) is 0 Å². The van der Waals surface area contributed by atoms with Crippen LogP contribution in [-0.4, -0.2) is 4.98 Å². The minimum Gasteiger partial charge on any atom is -0.440 e. The van der Waals surface area contributed by atoms with Gasteiger partial charge in [-0.2, -0.15) is 0 Å². The third kappa shape index (κ3) is 2.38. The smallest absolute Gasteiger partial charge is 0.198 e. The number of aromatic nitrogens is 1. The molecule has 0 spiro atoms. The Kier molecular flexibility index (Phi) is 3.89. The molecule has 0 unspecified atom stereocenters. The van der Waals surface area contributed by atoms with E-state index in [9.17, 15) is 0 Å². The number of hydrogen-bond donors (Lipinski definition) is 0. The zero-order valence-corrected chi connectivity index (χ0v) is 10.0. The first kappa shape index (κ1) is 11.8. The van der Waals surface area contributed by atoms with Crippen LogP contribution in [0.1, 0.15) is 57.4 Å². The second kappa shape index (κ2) is 4.96. The Morgan fingerprint density at radius 1 is 1.53 bits per heavy atom. The molecule has 0 saturated carbocycles. The van der Waals surface area contributed by atoms with Crippen LogP contribution in [0, 0.1) is 0 Å². The first-order valence-electron chi connectivity index (χ1n) is 5.42. The fourth-order valence-corrected chi connectivity index (χ4v) is 1.46. The van der Waals surface area contributed by atoms with E-state index in [2.05, 4.69) is 38.4 Å². The summed E-state index contributed by atoms with van der Waals surface area (Å²) in [5, 5.41) is 0. The lowest BCUT2D eigenvalue weighted by molar-refractivity contribution is 0.461.